The van der Waals surface area contributed by atoms with E-state index in [0.29, 0.717) is 31.6 Å². The van der Waals surface area contributed by atoms with Crippen LogP contribution in [-0.2, 0) is 65.4 Å². The average molecular weight is 1370 g/mol. The molecule has 3 N–H and O–H groups in total. The third-order valence-electron chi connectivity index (χ3n) is 17.1. The Kier molecular flexibility index (Phi) is 63.4. The van der Waals surface area contributed by atoms with Crippen molar-refractivity contribution in [2.24, 2.45) is 17.8 Å². The van der Waals surface area contributed by atoms with Crippen LogP contribution in [0.15, 0.2) is 0 Å². The van der Waals surface area contributed by atoms with Gasteiger partial charge in [-0.15, -0.1) is 0 Å². The number of carbonyl (C=O) groups excluding carboxylic acids is 4. The summed E-state index contributed by atoms with van der Waals surface area (Å²) in [6.07, 6.45) is 50.0. The third kappa shape index (κ3) is 68.4. The highest BCUT2D eigenvalue weighted by Crippen LogP contribution is 2.45. The minimum Gasteiger partial charge on any atom is -0.462 e. The maximum atomic E-state index is 13.1. The van der Waals surface area contributed by atoms with Gasteiger partial charge in [-0.2, -0.15) is 0 Å². The second kappa shape index (κ2) is 64.7. The molecule has 0 aliphatic rings. The second-order valence-corrected chi connectivity index (χ2v) is 31.0. The zero-order chi connectivity index (χ0) is 68.7. The Labute approximate surface area is 568 Å². The molecule has 0 saturated heterocycles. The number of carbonyl (C=O) groups is 4. The normalized spacial score (nSPS) is 14.1. The molecule has 17 nitrogen and oxygen atoms in total. The van der Waals surface area contributed by atoms with Gasteiger partial charge in [-0.1, -0.05) is 325 Å². The van der Waals surface area contributed by atoms with E-state index in [1.54, 1.807) is 0 Å². The van der Waals surface area contributed by atoms with Crippen molar-refractivity contribution in [3.8, 4) is 0 Å². The van der Waals surface area contributed by atoms with Crippen LogP contribution in [0.25, 0.3) is 0 Å². The number of aliphatic hydroxyl groups excluding tert-OH is 1. The number of phosphoric acid groups is 2. The van der Waals surface area contributed by atoms with E-state index in [2.05, 4.69) is 48.5 Å². The molecule has 2 unspecified atom stereocenters. The van der Waals surface area contributed by atoms with Crippen LogP contribution in [0.1, 0.15) is 376 Å². The molecule has 0 fully saturated rings. The topological polar surface area (TPSA) is 237 Å². The van der Waals surface area contributed by atoms with Gasteiger partial charge in [0.2, 0.25) is 0 Å². The lowest BCUT2D eigenvalue weighted by Crippen LogP contribution is -2.30. The van der Waals surface area contributed by atoms with Crippen LogP contribution in [0, 0.1) is 17.8 Å². The molecule has 0 heterocycles. The van der Waals surface area contributed by atoms with Gasteiger partial charge in [0.1, 0.15) is 19.3 Å². The number of rotatable bonds is 72. The average Bonchev–Trinajstić information content (AvgIpc) is 1.74. The fraction of sp³-hybridized carbons (Fsp3) is 0.946. The monoisotopic (exact) mass is 1370 g/mol. The standard InChI is InChI=1S/C74H144O17P2/c1-8-9-10-11-12-13-21-29-34-43-50-57-73(78)91-70(62-85-72(77)56-49-42-37-36-40-47-54-67(6)7)64-89-93(82,83)87-60-68(75)59-86-92(80,81)88-63-69(61-84-71(76)55-48-41-33-28-24-20-16-18-23-27-32-39-46-53-66(4)5)90-74(79)58-51-44-35-30-25-19-15-14-17-22-26-31-38-45-52-65(2)3/h65-70,75H,8-64H2,1-7H3,(H,80,81)(H,82,83)/t68-,69-,70-/m1/s1. The summed E-state index contributed by atoms with van der Waals surface area (Å²) in [5.41, 5.74) is 0. The van der Waals surface area contributed by atoms with Crippen molar-refractivity contribution in [1.29, 1.82) is 0 Å². The Morgan fingerprint density at radius 2 is 0.495 bits per heavy atom. The number of hydrogen-bond acceptors (Lipinski definition) is 15. The first kappa shape index (κ1) is 91.1. The Bertz CT molecular complexity index is 1820. The molecular formula is C74H144O17P2. The summed E-state index contributed by atoms with van der Waals surface area (Å²) in [6, 6.07) is 0. The van der Waals surface area contributed by atoms with Crippen molar-refractivity contribution in [3.05, 3.63) is 0 Å². The fourth-order valence-electron chi connectivity index (χ4n) is 11.2. The molecule has 0 aromatic heterocycles. The van der Waals surface area contributed by atoms with Crippen LogP contribution < -0.4 is 0 Å². The molecule has 0 rings (SSSR count). The van der Waals surface area contributed by atoms with Crippen molar-refractivity contribution in [2.45, 2.75) is 394 Å². The fourth-order valence-corrected chi connectivity index (χ4v) is 12.8. The molecule has 0 saturated carbocycles. The van der Waals surface area contributed by atoms with Crippen molar-refractivity contribution in [2.75, 3.05) is 39.6 Å². The summed E-state index contributed by atoms with van der Waals surface area (Å²) in [6.45, 7) is 11.8. The van der Waals surface area contributed by atoms with E-state index in [4.69, 9.17) is 37.0 Å². The summed E-state index contributed by atoms with van der Waals surface area (Å²) >= 11 is 0. The Hall–Kier alpha value is -1.94. The number of esters is 4. The van der Waals surface area contributed by atoms with Crippen molar-refractivity contribution < 1.29 is 80.2 Å². The second-order valence-electron chi connectivity index (χ2n) is 28.1. The molecule has 0 radical (unpaired) electrons. The molecule has 0 aromatic rings. The van der Waals surface area contributed by atoms with E-state index in [1.165, 1.54) is 180 Å². The first-order valence-electron chi connectivity index (χ1n) is 38.3. The molecule has 0 bridgehead atoms. The lowest BCUT2D eigenvalue weighted by Gasteiger charge is -2.21. The SMILES string of the molecule is CCCCCCCCCCCCCC(=O)O[C@H](COC(=O)CCCCCCCCC(C)C)COP(=O)(O)OC[C@H](O)COP(=O)(O)OC[C@@H](COC(=O)CCCCCCCCCCCCCCCC(C)C)OC(=O)CCCCCCCCCCCCCCCCC(C)C. The van der Waals surface area contributed by atoms with Crippen LogP contribution in [0.4, 0.5) is 0 Å². The first-order valence-corrected chi connectivity index (χ1v) is 41.3. The highest BCUT2D eigenvalue weighted by Gasteiger charge is 2.30. The van der Waals surface area contributed by atoms with Crippen LogP contribution in [-0.4, -0.2) is 96.7 Å². The Morgan fingerprint density at radius 1 is 0.290 bits per heavy atom. The largest absolute Gasteiger partial charge is 0.472 e. The molecule has 0 aliphatic heterocycles. The lowest BCUT2D eigenvalue weighted by molar-refractivity contribution is -0.161. The predicted molar refractivity (Wildman–Crippen MR) is 377 cm³/mol. The van der Waals surface area contributed by atoms with Crippen LogP contribution in [0.2, 0.25) is 0 Å². The van der Waals surface area contributed by atoms with E-state index in [-0.39, 0.29) is 25.7 Å². The quantitative estimate of drug-likeness (QED) is 0.0222. The van der Waals surface area contributed by atoms with E-state index in [0.717, 1.165) is 108 Å². The summed E-state index contributed by atoms with van der Waals surface area (Å²) in [5, 5.41) is 10.6. The first-order chi connectivity index (χ1) is 44.7. The molecule has 19 heteroatoms. The van der Waals surface area contributed by atoms with Gasteiger partial charge >= 0.3 is 39.5 Å². The number of hydrogen-bond donors (Lipinski definition) is 3. The van der Waals surface area contributed by atoms with Crippen LogP contribution in [0.5, 0.6) is 0 Å². The number of phosphoric ester groups is 2. The summed E-state index contributed by atoms with van der Waals surface area (Å²) in [5.74, 6) is 0.144. The molecule has 0 amide bonds. The van der Waals surface area contributed by atoms with E-state index < -0.39 is 97.5 Å². The summed E-state index contributed by atoms with van der Waals surface area (Å²) < 4.78 is 68.4. The molecule has 93 heavy (non-hydrogen) atoms. The Balaban J connectivity index is 5.23. The van der Waals surface area contributed by atoms with Crippen LogP contribution in [0.3, 0.4) is 0 Å². The van der Waals surface area contributed by atoms with E-state index in [1.807, 2.05) is 0 Å². The minimum atomic E-state index is -4.96. The van der Waals surface area contributed by atoms with Crippen molar-refractivity contribution >= 4 is 39.5 Å². The van der Waals surface area contributed by atoms with Gasteiger partial charge in [0.25, 0.3) is 0 Å². The minimum absolute atomic E-state index is 0.106. The number of aliphatic hydroxyl groups is 1. The van der Waals surface area contributed by atoms with Gasteiger partial charge in [-0.05, 0) is 43.4 Å². The third-order valence-corrected chi connectivity index (χ3v) is 19.0. The highest BCUT2D eigenvalue weighted by molar-refractivity contribution is 7.47. The maximum absolute atomic E-state index is 13.1. The smallest absolute Gasteiger partial charge is 0.462 e. The number of unbranched alkanes of at least 4 members (excludes halogenated alkanes) is 40. The van der Waals surface area contributed by atoms with Crippen LogP contribution >= 0.6 is 15.6 Å². The van der Waals surface area contributed by atoms with Gasteiger partial charge in [-0.3, -0.25) is 37.3 Å². The molecule has 5 atom stereocenters. The molecule has 552 valence electrons. The van der Waals surface area contributed by atoms with Crippen molar-refractivity contribution in [3.63, 3.8) is 0 Å². The van der Waals surface area contributed by atoms with Gasteiger partial charge < -0.3 is 33.8 Å². The molecule has 0 spiro atoms. The Morgan fingerprint density at radius 3 is 0.731 bits per heavy atom. The lowest BCUT2D eigenvalue weighted by atomic mass is 10.0. The zero-order valence-electron chi connectivity index (χ0n) is 60.7. The molecular weight excluding hydrogens is 1220 g/mol. The summed E-state index contributed by atoms with van der Waals surface area (Å²) in [4.78, 5) is 72.7. The summed E-state index contributed by atoms with van der Waals surface area (Å²) in [7, 11) is -9.91. The number of ether oxygens (including phenoxy) is 4. The van der Waals surface area contributed by atoms with Gasteiger partial charge in [0, 0.05) is 25.7 Å². The van der Waals surface area contributed by atoms with Crippen molar-refractivity contribution in [1.82, 2.24) is 0 Å². The highest BCUT2D eigenvalue weighted by atomic mass is 31.2. The zero-order valence-corrected chi connectivity index (χ0v) is 62.5. The van der Waals surface area contributed by atoms with Gasteiger partial charge in [-0.25, -0.2) is 9.13 Å². The van der Waals surface area contributed by atoms with E-state index >= 15 is 0 Å². The van der Waals surface area contributed by atoms with Gasteiger partial charge in [0.15, 0.2) is 12.2 Å². The van der Waals surface area contributed by atoms with E-state index in [9.17, 15) is 43.2 Å². The molecule has 0 aliphatic carbocycles. The predicted octanol–water partition coefficient (Wildman–Crippen LogP) is 21.4. The van der Waals surface area contributed by atoms with Gasteiger partial charge in [0.05, 0.1) is 26.4 Å². The maximum Gasteiger partial charge on any atom is 0.472 e. The molecule has 0 aromatic carbocycles.